The Morgan fingerprint density at radius 2 is 2.14 bits per heavy atom. The molecule has 0 unspecified atom stereocenters. The number of hydrogen-bond acceptors (Lipinski definition) is 3. The van der Waals surface area contributed by atoms with Crippen LogP contribution in [-0.2, 0) is 6.42 Å². The summed E-state index contributed by atoms with van der Waals surface area (Å²) in [5, 5.41) is 17.2. The monoisotopic (exact) mass is 194 g/mol. The molecule has 0 radical (unpaired) electrons. The summed E-state index contributed by atoms with van der Waals surface area (Å²) in [6.45, 7) is 2.14. The van der Waals surface area contributed by atoms with Crippen molar-refractivity contribution < 1.29 is 14.7 Å². The third kappa shape index (κ3) is 3.81. The Hall–Kier alpha value is -0.995. The molecule has 0 aliphatic carbocycles. The van der Waals surface area contributed by atoms with Gasteiger partial charge in [0.15, 0.2) is 0 Å². The maximum atomic E-state index is 8.61. The van der Waals surface area contributed by atoms with Crippen LogP contribution in [0.5, 0.6) is 5.75 Å². The molecule has 1 aromatic rings. The van der Waals surface area contributed by atoms with Crippen molar-refractivity contribution in [3.63, 3.8) is 0 Å². The first-order valence-corrected chi connectivity index (χ1v) is 4.84. The minimum Gasteiger partial charge on any atom is -0.512 e. The van der Waals surface area contributed by atoms with Gasteiger partial charge in [-0.25, -0.2) is 0 Å². The summed E-state index contributed by atoms with van der Waals surface area (Å²) in [7, 11) is -1.74. The predicted molar refractivity (Wildman–Crippen MR) is 55.9 cm³/mol. The summed E-state index contributed by atoms with van der Waals surface area (Å²) in [5.41, 5.74) is 1.16. The van der Waals surface area contributed by atoms with Crippen LogP contribution < -0.4 is 4.65 Å². The summed E-state index contributed by atoms with van der Waals surface area (Å²) in [6.07, 6.45) is 3.27. The zero-order chi connectivity index (χ0) is 10.4. The highest BCUT2D eigenvalue weighted by atomic mass is 16.6. The molecule has 0 aliphatic rings. The molecular weight excluding hydrogens is 179 g/mol. The van der Waals surface area contributed by atoms with E-state index < -0.39 is 7.32 Å². The van der Waals surface area contributed by atoms with Crippen LogP contribution in [0.1, 0.15) is 25.3 Å². The maximum Gasteiger partial charge on any atom is 0.707 e. The molecule has 0 amide bonds. The van der Waals surface area contributed by atoms with Crippen LogP contribution in [0.3, 0.4) is 0 Å². The molecule has 2 N–H and O–H groups in total. The molecule has 1 aromatic carbocycles. The fourth-order valence-corrected chi connectivity index (χ4v) is 1.28. The molecule has 0 heterocycles. The summed E-state index contributed by atoms with van der Waals surface area (Å²) in [4.78, 5) is 0. The Morgan fingerprint density at radius 3 is 2.79 bits per heavy atom. The van der Waals surface area contributed by atoms with Gasteiger partial charge >= 0.3 is 7.32 Å². The van der Waals surface area contributed by atoms with Gasteiger partial charge in [0.2, 0.25) is 0 Å². The fraction of sp³-hybridized carbons (Fsp3) is 0.400. The van der Waals surface area contributed by atoms with E-state index in [-0.39, 0.29) is 0 Å². The van der Waals surface area contributed by atoms with Crippen LogP contribution in [0.25, 0.3) is 0 Å². The van der Waals surface area contributed by atoms with Gasteiger partial charge in [-0.3, -0.25) is 0 Å². The second-order valence-electron chi connectivity index (χ2n) is 3.20. The van der Waals surface area contributed by atoms with Gasteiger partial charge in [0.25, 0.3) is 0 Å². The summed E-state index contributed by atoms with van der Waals surface area (Å²) >= 11 is 0. The molecule has 0 saturated carbocycles. The van der Waals surface area contributed by atoms with Crippen molar-refractivity contribution in [2.75, 3.05) is 0 Å². The van der Waals surface area contributed by atoms with Crippen molar-refractivity contribution in [1.29, 1.82) is 0 Å². The van der Waals surface area contributed by atoms with Gasteiger partial charge in [-0.05, 0) is 30.5 Å². The van der Waals surface area contributed by atoms with Crippen molar-refractivity contribution in [3.05, 3.63) is 29.8 Å². The van der Waals surface area contributed by atoms with Crippen molar-refractivity contribution in [1.82, 2.24) is 0 Å². The first kappa shape index (κ1) is 11.1. The van der Waals surface area contributed by atoms with Gasteiger partial charge in [0.05, 0.1) is 0 Å². The maximum absolute atomic E-state index is 8.61. The Balaban J connectivity index is 2.59. The lowest BCUT2D eigenvalue weighted by atomic mass is 10.1. The lowest BCUT2D eigenvalue weighted by molar-refractivity contribution is 0.288. The molecule has 0 atom stereocenters. The standard InChI is InChI=1S/C10H15BO3/c1-2-3-5-9-6-4-7-10(8-9)14-11(12)13/h4,6-8,12-13H,2-3,5H2,1H3. The molecule has 0 aliphatic heterocycles. The molecular formula is C10H15BO3. The van der Waals surface area contributed by atoms with Gasteiger partial charge in [-0.1, -0.05) is 25.5 Å². The number of aryl methyl sites for hydroxylation is 1. The smallest absolute Gasteiger partial charge is 0.512 e. The first-order chi connectivity index (χ1) is 6.72. The Labute approximate surface area is 84.5 Å². The van der Waals surface area contributed by atoms with E-state index in [4.69, 9.17) is 14.7 Å². The van der Waals surface area contributed by atoms with Crippen molar-refractivity contribution in [2.24, 2.45) is 0 Å². The van der Waals surface area contributed by atoms with Crippen LogP contribution >= 0.6 is 0 Å². The zero-order valence-corrected chi connectivity index (χ0v) is 8.31. The van der Waals surface area contributed by atoms with Crippen molar-refractivity contribution >= 4 is 7.32 Å². The second kappa shape index (κ2) is 5.68. The molecule has 0 spiro atoms. The third-order valence-corrected chi connectivity index (χ3v) is 1.96. The highest BCUT2D eigenvalue weighted by Crippen LogP contribution is 2.15. The van der Waals surface area contributed by atoms with Crippen molar-refractivity contribution in [3.8, 4) is 5.75 Å². The number of rotatable bonds is 5. The molecule has 76 valence electrons. The first-order valence-electron chi connectivity index (χ1n) is 4.84. The van der Waals surface area contributed by atoms with E-state index in [2.05, 4.69) is 6.92 Å². The second-order valence-corrected chi connectivity index (χ2v) is 3.20. The van der Waals surface area contributed by atoms with E-state index in [1.807, 2.05) is 18.2 Å². The van der Waals surface area contributed by atoms with Crippen LogP contribution in [0, 0.1) is 0 Å². The Bertz CT molecular complexity index is 276. The van der Waals surface area contributed by atoms with E-state index in [0.29, 0.717) is 5.75 Å². The lowest BCUT2D eigenvalue weighted by Crippen LogP contribution is -2.20. The lowest BCUT2D eigenvalue weighted by Gasteiger charge is -2.06. The van der Waals surface area contributed by atoms with E-state index in [1.165, 1.54) is 0 Å². The van der Waals surface area contributed by atoms with Gasteiger partial charge in [-0.2, -0.15) is 0 Å². The normalized spacial score (nSPS) is 9.93. The van der Waals surface area contributed by atoms with Crippen LogP contribution in [-0.4, -0.2) is 17.4 Å². The Morgan fingerprint density at radius 1 is 1.36 bits per heavy atom. The molecule has 14 heavy (non-hydrogen) atoms. The van der Waals surface area contributed by atoms with Crippen LogP contribution in [0.2, 0.25) is 0 Å². The largest absolute Gasteiger partial charge is 0.707 e. The number of benzene rings is 1. The summed E-state index contributed by atoms with van der Waals surface area (Å²) in [5.74, 6) is 0.494. The topological polar surface area (TPSA) is 49.7 Å². The van der Waals surface area contributed by atoms with Crippen LogP contribution in [0.4, 0.5) is 0 Å². The minimum absolute atomic E-state index is 0.494. The molecule has 0 bridgehead atoms. The molecule has 0 saturated heterocycles. The molecule has 4 heteroatoms. The molecule has 1 rings (SSSR count). The highest BCUT2D eigenvalue weighted by Gasteiger charge is 2.10. The minimum atomic E-state index is -1.74. The van der Waals surface area contributed by atoms with E-state index >= 15 is 0 Å². The zero-order valence-electron chi connectivity index (χ0n) is 8.31. The predicted octanol–water partition coefficient (Wildman–Crippen LogP) is 1.38. The summed E-state index contributed by atoms with van der Waals surface area (Å²) in [6, 6.07) is 7.39. The van der Waals surface area contributed by atoms with Gasteiger partial charge in [0.1, 0.15) is 5.75 Å². The van der Waals surface area contributed by atoms with Gasteiger partial charge in [0, 0.05) is 0 Å². The molecule has 0 fully saturated rings. The van der Waals surface area contributed by atoms with E-state index in [0.717, 1.165) is 24.8 Å². The third-order valence-electron chi connectivity index (χ3n) is 1.96. The van der Waals surface area contributed by atoms with E-state index in [9.17, 15) is 0 Å². The number of hydrogen-bond donors (Lipinski definition) is 2. The van der Waals surface area contributed by atoms with Crippen molar-refractivity contribution in [2.45, 2.75) is 26.2 Å². The number of unbranched alkanes of at least 4 members (excludes halogenated alkanes) is 1. The van der Waals surface area contributed by atoms with E-state index in [1.54, 1.807) is 6.07 Å². The quantitative estimate of drug-likeness (QED) is 0.696. The SMILES string of the molecule is CCCCc1cccc(OB(O)O)c1. The summed E-state index contributed by atoms with van der Waals surface area (Å²) < 4.78 is 4.75. The van der Waals surface area contributed by atoms with Gasteiger partial charge in [-0.15, -0.1) is 0 Å². The fourth-order valence-electron chi connectivity index (χ4n) is 1.28. The Kier molecular flexibility index (Phi) is 4.49. The average Bonchev–Trinajstić information content (AvgIpc) is 2.14. The van der Waals surface area contributed by atoms with Gasteiger partial charge < -0.3 is 14.7 Å². The average molecular weight is 194 g/mol. The van der Waals surface area contributed by atoms with Crippen LogP contribution in [0.15, 0.2) is 24.3 Å². The molecule has 3 nitrogen and oxygen atoms in total. The molecule has 0 aromatic heterocycles. The highest BCUT2D eigenvalue weighted by molar-refractivity contribution is 6.33.